The molecule has 0 aromatic carbocycles. The molecule has 14 heavy (non-hydrogen) atoms. The predicted molar refractivity (Wildman–Crippen MR) is 58.9 cm³/mol. The molecule has 1 saturated heterocycles. The van der Waals surface area contributed by atoms with Gasteiger partial charge in [0.1, 0.15) is 0 Å². The van der Waals surface area contributed by atoms with Crippen molar-refractivity contribution < 1.29 is 9.47 Å². The third kappa shape index (κ3) is 3.76. The highest BCUT2D eigenvalue weighted by Crippen LogP contribution is 2.36. The molecule has 0 saturated carbocycles. The van der Waals surface area contributed by atoms with E-state index in [1.807, 2.05) is 6.92 Å². The Kier molecular flexibility index (Phi) is 5.83. The van der Waals surface area contributed by atoms with Gasteiger partial charge in [0.25, 0.3) is 0 Å². The van der Waals surface area contributed by atoms with Gasteiger partial charge in [-0.05, 0) is 38.0 Å². The monoisotopic (exact) mass is 220 g/mol. The van der Waals surface area contributed by atoms with Crippen LogP contribution in [0.15, 0.2) is 0 Å². The molecule has 1 heterocycles. The number of alkyl halides is 1. The number of hydrogen-bond donors (Lipinski definition) is 0. The van der Waals surface area contributed by atoms with Gasteiger partial charge in [0.05, 0.1) is 0 Å². The molecular formula is C11H21ClO2. The van der Waals surface area contributed by atoms with Crippen LogP contribution in [0.1, 0.15) is 32.6 Å². The number of rotatable bonds is 6. The van der Waals surface area contributed by atoms with Crippen molar-refractivity contribution >= 4 is 11.6 Å². The molecule has 84 valence electrons. The first-order valence-electron chi connectivity index (χ1n) is 5.54. The first-order chi connectivity index (χ1) is 6.83. The molecule has 1 aliphatic heterocycles. The average Bonchev–Trinajstić information content (AvgIpc) is 2.26. The Morgan fingerprint density at radius 1 is 1.36 bits per heavy atom. The second-order valence-corrected chi connectivity index (χ2v) is 4.31. The van der Waals surface area contributed by atoms with E-state index in [2.05, 4.69) is 0 Å². The van der Waals surface area contributed by atoms with Crippen LogP contribution in [-0.4, -0.2) is 32.3 Å². The Hall–Kier alpha value is 0.210. The summed E-state index contributed by atoms with van der Waals surface area (Å²) in [6.07, 6.45) is 4.53. The van der Waals surface area contributed by atoms with Crippen LogP contribution in [-0.2, 0) is 9.47 Å². The van der Waals surface area contributed by atoms with Gasteiger partial charge in [0.15, 0.2) is 0 Å². The van der Waals surface area contributed by atoms with Crippen LogP contribution in [0.5, 0.6) is 0 Å². The summed E-state index contributed by atoms with van der Waals surface area (Å²) in [4.78, 5) is 0. The van der Waals surface area contributed by atoms with Gasteiger partial charge in [-0.1, -0.05) is 0 Å². The van der Waals surface area contributed by atoms with Crippen LogP contribution >= 0.6 is 11.6 Å². The van der Waals surface area contributed by atoms with E-state index in [9.17, 15) is 0 Å². The van der Waals surface area contributed by atoms with Crippen molar-refractivity contribution in [3.8, 4) is 0 Å². The molecule has 0 N–H and O–H groups in total. The highest BCUT2D eigenvalue weighted by Gasteiger charge is 2.30. The van der Waals surface area contributed by atoms with Crippen molar-refractivity contribution in [2.75, 3.05) is 32.3 Å². The first kappa shape index (κ1) is 12.3. The predicted octanol–water partition coefficient (Wildman–Crippen LogP) is 2.84. The standard InChI is InChI=1S/C11H21ClO2/c1-2-13-7-3-4-11(10-12)5-8-14-9-6-11/h2-10H2,1H3. The van der Waals surface area contributed by atoms with E-state index in [0.717, 1.165) is 51.6 Å². The van der Waals surface area contributed by atoms with Crippen molar-refractivity contribution in [3.05, 3.63) is 0 Å². The lowest BCUT2D eigenvalue weighted by Crippen LogP contribution is -2.31. The Labute approximate surface area is 91.9 Å². The smallest absolute Gasteiger partial charge is 0.0471 e. The maximum Gasteiger partial charge on any atom is 0.0471 e. The SMILES string of the molecule is CCOCCCC1(CCl)CCOCC1. The number of halogens is 1. The molecule has 1 rings (SSSR count). The lowest BCUT2D eigenvalue weighted by Gasteiger charge is -2.35. The third-order valence-corrected chi connectivity index (χ3v) is 3.60. The van der Waals surface area contributed by atoms with E-state index in [-0.39, 0.29) is 0 Å². The van der Waals surface area contributed by atoms with Crippen molar-refractivity contribution in [2.45, 2.75) is 32.6 Å². The summed E-state index contributed by atoms with van der Waals surface area (Å²) in [5.41, 5.74) is 0.330. The molecule has 3 heteroatoms. The molecule has 0 amide bonds. The number of ether oxygens (including phenoxy) is 2. The van der Waals surface area contributed by atoms with Gasteiger partial charge in [-0.3, -0.25) is 0 Å². The van der Waals surface area contributed by atoms with Crippen molar-refractivity contribution in [1.82, 2.24) is 0 Å². The molecule has 1 fully saturated rings. The van der Waals surface area contributed by atoms with Crippen LogP contribution in [0.4, 0.5) is 0 Å². The van der Waals surface area contributed by atoms with Gasteiger partial charge in [0.2, 0.25) is 0 Å². The fraction of sp³-hybridized carbons (Fsp3) is 1.00. The Balaban J connectivity index is 2.22. The molecule has 0 aliphatic carbocycles. The Bertz CT molecular complexity index is 144. The lowest BCUT2D eigenvalue weighted by molar-refractivity contribution is 0.0161. The molecule has 0 atom stereocenters. The molecule has 0 aromatic heterocycles. The van der Waals surface area contributed by atoms with Gasteiger partial charge in [-0.25, -0.2) is 0 Å². The summed E-state index contributed by atoms with van der Waals surface area (Å²) >= 11 is 6.05. The van der Waals surface area contributed by atoms with Crippen molar-refractivity contribution in [3.63, 3.8) is 0 Å². The lowest BCUT2D eigenvalue weighted by atomic mass is 9.78. The van der Waals surface area contributed by atoms with E-state index in [1.54, 1.807) is 0 Å². The summed E-state index contributed by atoms with van der Waals surface area (Å²) in [5, 5.41) is 0. The van der Waals surface area contributed by atoms with Crippen LogP contribution in [0.2, 0.25) is 0 Å². The minimum atomic E-state index is 0.330. The fourth-order valence-electron chi connectivity index (χ4n) is 1.95. The summed E-state index contributed by atoms with van der Waals surface area (Å²) in [6.45, 7) is 5.47. The minimum Gasteiger partial charge on any atom is -0.382 e. The fourth-order valence-corrected chi connectivity index (χ4v) is 2.35. The third-order valence-electron chi connectivity index (χ3n) is 3.04. The summed E-state index contributed by atoms with van der Waals surface area (Å²) in [5.74, 6) is 0.766. The van der Waals surface area contributed by atoms with Gasteiger partial charge in [-0.2, -0.15) is 0 Å². The molecular weight excluding hydrogens is 200 g/mol. The van der Waals surface area contributed by atoms with Crippen molar-refractivity contribution in [2.24, 2.45) is 5.41 Å². The van der Waals surface area contributed by atoms with Crippen LogP contribution in [0.25, 0.3) is 0 Å². The molecule has 0 spiro atoms. The summed E-state index contributed by atoms with van der Waals surface area (Å²) < 4.78 is 10.7. The van der Waals surface area contributed by atoms with E-state index < -0.39 is 0 Å². The highest BCUT2D eigenvalue weighted by atomic mass is 35.5. The zero-order chi connectivity index (χ0) is 10.3. The topological polar surface area (TPSA) is 18.5 Å². The molecule has 0 unspecified atom stereocenters. The average molecular weight is 221 g/mol. The van der Waals surface area contributed by atoms with E-state index in [1.165, 1.54) is 6.42 Å². The largest absolute Gasteiger partial charge is 0.382 e. The van der Waals surface area contributed by atoms with Crippen LogP contribution in [0.3, 0.4) is 0 Å². The second-order valence-electron chi connectivity index (χ2n) is 4.05. The first-order valence-corrected chi connectivity index (χ1v) is 6.08. The van der Waals surface area contributed by atoms with Crippen molar-refractivity contribution in [1.29, 1.82) is 0 Å². The quantitative estimate of drug-likeness (QED) is 0.506. The van der Waals surface area contributed by atoms with Crippen LogP contribution in [0, 0.1) is 5.41 Å². The maximum absolute atomic E-state index is 6.05. The molecule has 1 aliphatic rings. The second kappa shape index (κ2) is 6.65. The summed E-state index contributed by atoms with van der Waals surface area (Å²) in [7, 11) is 0. The zero-order valence-electron chi connectivity index (χ0n) is 9.06. The number of hydrogen-bond acceptors (Lipinski definition) is 2. The molecule has 2 nitrogen and oxygen atoms in total. The van der Waals surface area contributed by atoms with Gasteiger partial charge in [0, 0.05) is 32.3 Å². The molecule has 0 aromatic rings. The van der Waals surface area contributed by atoms with Gasteiger partial charge >= 0.3 is 0 Å². The minimum absolute atomic E-state index is 0.330. The van der Waals surface area contributed by atoms with E-state index in [0.29, 0.717) is 5.41 Å². The normalized spacial score (nSPS) is 21.0. The van der Waals surface area contributed by atoms with E-state index >= 15 is 0 Å². The maximum atomic E-state index is 6.05. The van der Waals surface area contributed by atoms with Gasteiger partial charge in [-0.15, -0.1) is 11.6 Å². The van der Waals surface area contributed by atoms with Gasteiger partial charge < -0.3 is 9.47 Å². The van der Waals surface area contributed by atoms with Crippen LogP contribution < -0.4 is 0 Å². The molecule has 0 radical (unpaired) electrons. The Morgan fingerprint density at radius 3 is 2.64 bits per heavy atom. The zero-order valence-corrected chi connectivity index (χ0v) is 9.81. The Morgan fingerprint density at radius 2 is 2.07 bits per heavy atom. The highest BCUT2D eigenvalue weighted by molar-refractivity contribution is 6.18. The van der Waals surface area contributed by atoms with E-state index in [4.69, 9.17) is 21.1 Å². The molecule has 0 bridgehead atoms. The summed E-state index contributed by atoms with van der Waals surface area (Å²) in [6, 6.07) is 0.